The highest BCUT2D eigenvalue weighted by atomic mass is 127. The van der Waals surface area contributed by atoms with Gasteiger partial charge in [-0.05, 0) is 59.3 Å². The fraction of sp³-hybridized carbons (Fsp3) is 0.826. The Bertz CT molecular complexity index is 734. The van der Waals surface area contributed by atoms with Crippen LogP contribution in [0.1, 0.15) is 83.8 Å². The summed E-state index contributed by atoms with van der Waals surface area (Å²) in [6.45, 7) is 8.75. The topological polar surface area (TPSA) is 96.2 Å². The number of nitrogens with zero attached hydrogens (tertiary/aromatic N) is 4. The van der Waals surface area contributed by atoms with Gasteiger partial charge in [0.1, 0.15) is 11.6 Å². The SMILES string of the molecule is CCNC(=NCCCc1nnc2n1CCCCC2)NC1CCCC(C(=O)NC(C)C)C1.I. The van der Waals surface area contributed by atoms with E-state index in [4.69, 9.17) is 4.99 Å². The Morgan fingerprint density at radius 1 is 1.19 bits per heavy atom. The minimum Gasteiger partial charge on any atom is -0.357 e. The first-order valence-corrected chi connectivity index (χ1v) is 12.3. The lowest BCUT2D eigenvalue weighted by Crippen LogP contribution is -2.47. The third-order valence-corrected chi connectivity index (χ3v) is 6.18. The van der Waals surface area contributed by atoms with Gasteiger partial charge in [-0.25, -0.2) is 0 Å². The maximum Gasteiger partial charge on any atom is 0.223 e. The summed E-state index contributed by atoms with van der Waals surface area (Å²) < 4.78 is 2.32. The first-order chi connectivity index (χ1) is 15.1. The summed E-state index contributed by atoms with van der Waals surface area (Å²) in [6.07, 6.45) is 10.7. The molecule has 182 valence electrons. The number of halogens is 1. The van der Waals surface area contributed by atoms with Crippen molar-refractivity contribution >= 4 is 35.8 Å². The monoisotopic (exact) mass is 559 g/mol. The molecule has 0 saturated heterocycles. The van der Waals surface area contributed by atoms with E-state index in [9.17, 15) is 4.79 Å². The Kier molecular flexibility index (Phi) is 11.7. The second kappa shape index (κ2) is 14.0. The van der Waals surface area contributed by atoms with Crippen LogP contribution in [0.3, 0.4) is 0 Å². The van der Waals surface area contributed by atoms with Crippen molar-refractivity contribution in [3.05, 3.63) is 11.6 Å². The van der Waals surface area contributed by atoms with Crippen LogP contribution in [-0.2, 0) is 24.2 Å². The second-order valence-electron chi connectivity index (χ2n) is 9.23. The molecule has 0 spiro atoms. The molecule has 32 heavy (non-hydrogen) atoms. The van der Waals surface area contributed by atoms with E-state index in [1.807, 2.05) is 13.8 Å². The van der Waals surface area contributed by atoms with Crippen molar-refractivity contribution in [3.63, 3.8) is 0 Å². The predicted molar refractivity (Wildman–Crippen MR) is 139 cm³/mol. The highest BCUT2D eigenvalue weighted by Crippen LogP contribution is 2.24. The smallest absolute Gasteiger partial charge is 0.223 e. The Balaban J connectivity index is 0.00000363. The zero-order valence-electron chi connectivity index (χ0n) is 20.0. The van der Waals surface area contributed by atoms with Gasteiger partial charge in [0.15, 0.2) is 5.96 Å². The lowest BCUT2D eigenvalue weighted by Gasteiger charge is -2.30. The van der Waals surface area contributed by atoms with E-state index in [-0.39, 0.29) is 41.8 Å². The summed E-state index contributed by atoms with van der Waals surface area (Å²) in [5.74, 6) is 3.41. The first-order valence-electron chi connectivity index (χ1n) is 12.3. The van der Waals surface area contributed by atoms with Gasteiger partial charge in [-0.15, -0.1) is 34.2 Å². The van der Waals surface area contributed by atoms with E-state index in [2.05, 4.69) is 37.6 Å². The number of guanidine groups is 1. The summed E-state index contributed by atoms with van der Waals surface area (Å²) in [5, 5.41) is 18.8. The average molecular weight is 560 g/mol. The number of rotatable bonds is 8. The molecule has 0 bridgehead atoms. The fourth-order valence-corrected chi connectivity index (χ4v) is 4.63. The van der Waals surface area contributed by atoms with Crippen LogP contribution < -0.4 is 16.0 Å². The number of carbonyl (C=O) groups is 1. The number of nitrogens with one attached hydrogen (secondary N) is 3. The minimum atomic E-state index is 0. The van der Waals surface area contributed by atoms with Crippen molar-refractivity contribution in [3.8, 4) is 0 Å². The number of amides is 1. The molecule has 1 aliphatic heterocycles. The van der Waals surface area contributed by atoms with E-state index >= 15 is 0 Å². The van der Waals surface area contributed by atoms with Crippen LogP contribution in [0.2, 0.25) is 0 Å². The van der Waals surface area contributed by atoms with Gasteiger partial charge in [-0.2, -0.15) is 0 Å². The highest BCUT2D eigenvalue weighted by molar-refractivity contribution is 14.0. The van der Waals surface area contributed by atoms with Crippen molar-refractivity contribution in [2.75, 3.05) is 13.1 Å². The quantitative estimate of drug-likeness (QED) is 0.197. The van der Waals surface area contributed by atoms with Gasteiger partial charge in [-0.3, -0.25) is 9.79 Å². The molecule has 3 rings (SSSR count). The lowest BCUT2D eigenvalue weighted by molar-refractivity contribution is -0.126. The molecular formula is C23H42IN7O. The van der Waals surface area contributed by atoms with Crippen molar-refractivity contribution < 1.29 is 4.79 Å². The molecule has 1 aromatic rings. The number of carbonyl (C=O) groups excluding carboxylic acids is 1. The maximum absolute atomic E-state index is 12.4. The van der Waals surface area contributed by atoms with Crippen LogP contribution in [0.5, 0.6) is 0 Å². The van der Waals surface area contributed by atoms with Gasteiger partial charge < -0.3 is 20.5 Å². The molecule has 0 radical (unpaired) electrons. The molecular weight excluding hydrogens is 517 g/mol. The van der Waals surface area contributed by atoms with Gasteiger partial charge in [0.05, 0.1) is 0 Å². The molecule has 1 aliphatic carbocycles. The molecule has 3 N–H and O–H groups in total. The van der Waals surface area contributed by atoms with Crippen LogP contribution in [0, 0.1) is 5.92 Å². The molecule has 1 saturated carbocycles. The molecule has 1 amide bonds. The fourth-order valence-electron chi connectivity index (χ4n) is 4.63. The van der Waals surface area contributed by atoms with Crippen molar-refractivity contribution in [2.24, 2.45) is 10.9 Å². The van der Waals surface area contributed by atoms with Gasteiger partial charge in [-0.1, -0.05) is 12.8 Å². The first kappa shape index (κ1) is 26.9. The van der Waals surface area contributed by atoms with Crippen LogP contribution in [0.4, 0.5) is 0 Å². The molecule has 8 nitrogen and oxygen atoms in total. The van der Waals surface area contributed by atoms with E-state index in [1.54, 1.807) is 0 Å². The third kappa shape index (κ3) is 8.19. The van der Waals surface area contributed by atoms with Gasteiger partial charge in [0, 0.05) is 50.5 Å². The third-order valence-electron chi connectivity index (χ3n) is 6.18. The van der Waals surface area contributed by atoms with Gasteiger partial charge in [0.25, 0.3) is 0 Å². The van der Waals surface area contributed by atoms with Crippen molar-refractivity contribution in [1.82, 2.24) is 30.7 Å². The van der Waals surface area contributed by atoms with E-state index in [0.29, 0.717) is 6.04 Å². The van der Waals surface area contributed by atoms with Crippen LogP contribution in [0.15, 0.2) is 4.99 Å². The Labute approximate surface area is 210 Å². The molecule has 1 fully saturated rings. The number of aryl methyl sites for hydroxylation is 2. The Morgan fingerprint density at radius 3 is 2.81 bits per heavy atom. The summed E-state index contributed by atoms with van der Waals surface area (Å²) in [7, 11) is 0. The zero-order chi connectivity index (χ0) is 22.1. The Morgan fingerprint density at radius 2 is 2.03 bits per heavy atom. The number of hydrogen-bond acceptors (Lipinski definition) is 4. The van der Waals surface area contributed by atoms with Crippen molar-refractivity contribution in [1.29, 1.82) is 0 Å². The number of hydrogen-bond donors (Lipinski definition) is 3. The summed E-state index contributed by atoms with van der Waals surface area (Å²) in [4.78, 5) is 17.2. The van der Waals surface area contributed by atoms with Gasteiger partial charge in [0.2, 0.25) is 5.91 Å². The normalized spacial score (nSPS) is 21.3. The number of fused-ring (bicyclic) bond motifs is 1. The minimum absolute atomic E-state index is 0. The maximum atomic E-state index is 12.4. The van der Waals surface area contributed by atoms with E-state index in [1.165, 1.54) is 19.3 Å². The molecule has 2 aliphatic rings. The summed E-state index contributed by atoms with van der Waals surface area (Å²) >= 11 is 0. The molecule has 9 heteroatoms. The highest BCUT2D eigenvalue weighted by Gasteiger charge is 2.28. The van der Waals surface area contributed by atoms with Crippen molar-refractivity contribution in [2.45, 2.75) is 104 Å². The molecule has 2 atom stereocenters. The van der Waals surface area contributed by atoms with Crippen LogP contribution in [0.25, 0.3) is 0 Å². The predicted octanol–water partition coefficient (Wildman–Crippen LogP) is 3.19. The number of aliphatic imine (C=N–C) groups is 1. The summed E-state index contributed by atoms with van der Waals surface area (Å²) in [6, 6.07) is 0.488. The second-order valence-corrected chi connectivity index (χ2v) is 9.23. The standard InChI is InChI=1S/C23H41N7O.HI/c1-4-24-23(27-19-11-8-10-18(16-19)22(31)26-17(2)3)25-14-9-13-21-29-28-20-12-6-5-7-15-30(20)21;/h17-19H,4-16H2,1-3H3,(H,26,31)(H2,24,25,27);1H. The Hall–Kier alpha value is -1.39. The van der Waals surface area contributed by atoms with E-state index < -0.39 is 0 Å². The van der Waals surface area contributed by atoms with Crippen LogP contribution >= 0.6 is 24.0 Å². The molecule has 0 aromatic carbocycles. The van der Waals surface area contributed by atoms with Crippen LogP contribution in [-0.4, -0.2) is 51.8 Å². The molecule has 2 unspecified atom stereocenters. The summed E-state index contributed by atoms with van der Waals surface area (Å²) in [5.41, 5.74) is 0. The zero-order valence-corrected chi connectivity index (χ0v) is 22.4. The number of aromatic nitrogens is 3. The molecule has 1 aromatic heterocycles. The van der Waals surface area contributed by atoms with E-state index in [0.717, 1.165) is 82.2 Å². The largest absolute Gasteiger partial charge is 0.357 e. The average Bonchev–Trinajstić information content (AvgIpc) is 2.97. The molecule has 2 heterocycles. The lowest BCUT2D eigenvalue weighted by atomic mass is 9.85. The van der Waals surface area contributed by atoms with Gasteiger partial charge >= 0.3 is 0 Å².